The molecular weight excluding hydrogens is 304 g/mol. The molecule has 0 saturated carbocycles. The molecule has 122 valence electrons. The molecular formula is C15H22N2O4S. The quantitative estimate of drug-likeness (QED) is 0.903. The van der Waals surface area contributed by atoms with Crippen molar-refractivity contribution in [3.8, 4) is 0 Å². The maximum Gasteiger partial charge on any atom is 0.251 e. The van der Waals surface area contributed by atoms with E-state index in [0.717, 1.165) is 0 Å². The molecule has 1 aliphatic rings. The van der Waals surface area contributed by atoms with E-state index in [9.17, 15) is 13.2 Å². The number of benzene rings is 1. The lowest BCUT2D eigenvalue weighted by molar-refractivity contribution is 0.0102. The van der Waals surface area contributed by atoms with Gasteiger partial charge in [0.05, 0.1) is 17.6 Å². The Balaban J connectivity index is 2.17. The molecule has 1 aromatic carbocycles. The van der Waals surface area contributed by atoms with Crippen molar-refractivity contribution in [2.75, 3.05) is 19.7 Å². The van der Waals surface area contributed by atoms with Crippen LogP contribution in [0.2, 0.25) is 0 Å². The van der Waals surface area contributed by atoms with Crippen LogP contribution in [0, 0.1) is 0 Å². The van der Waals surface area contributed by atoms with E-state index in [4.69, 9.17) is 4.74 Å². The molecule has 0 aliphatic carbocycles. The summed E-state index contributed by atoms with van der Waals surface area (Å²) in [5.41, 5.74) is 0.447. The molecule has 0 spiro atoms. The van der Waals surface area contributed by atoms with Crippen LogP contribution in [0.3, 0.4) is 0 Å². The van der Waals surface area contributed by atoms with Crippen LogP contribution < -0.4 is 5.32 Å². The number of sulfonamides is 1. The maximum absolute atomic E-state index is 12.6. The van der Waals surface area contributed by atoms with Crippen LogP contribution in [0.1, 0.15) is 31.1 Å². The van der Waals surface area contributed by atoms with Crippen LogP contribution in [0.15, 0.2) is 29.2 Å². The van der Waals surface area contributed by atoms with Crippen molar-refractivity contribution < 1.29 is 17.9 Å². The summed E-state index contributed by atoms with van der Waals surface area (Å²) in [4.78, 5) is 12.1. The standard InChI is InChI=1S/C15H22N2O4S/c1-11(2)16-15(18)13-4-6-14(7-5-13)22(19,20)17-8-9-21-12(3)10-17/h4-7,11-12H,8-10H2,1-3H3,(H,16,18). The minimum absolute atomic E-state index is 0.0331. The van der Waals surface area contributed by atoms with Crippen molar-refractivity contribution in [3.63, 3.8) is 0 Å². The second-order valence-corrected chi connectivity index (χ2v) is 7.63. The Morgan fingerprint density at radius 1 is 1.32 bits per heavy atom. The lowest BCUT2D eigenvalue weighted by Crippen LogP contribution is -2.44. The van der Waals surface area contributed by atoms with Gasteiger partial charge in [-0.2, -0.15) is 4.31 Å². The van der Waals surface area contributed by atoms with Gasteiger partial charge < -0.3 is 10.1 Å². The number of nitrogens with one attached hydrogen (secondary N) is 1. The van der Waals surface area contributed by atoms with E-state index < -0.39 is 10.0 Å². The van der Waals surface area contributed by atoms with Crippen molar-refractivity contribution in [2.45, 2.75) is 37.8 Å². The van der Waals surface area contributed by atoms with E-state index in [1.807, 2.05) is 20.8 Å². The van der Waals surface area contributed by atoms with Crippen LogP contribution >= 0.6 is 0 Å². The summed E-state index contributed by atoms with van der Waals surface area (Å²) in [7, 11) is -3.54. The number of amides is 1. The minimum atomic E-state index is -3.54. The Morgan fingerprint density at radius 3 is 2.50 bits per heavy atom. The highest BCUT2D eigenvalue weighted by Gasteiger charge is 2.29. The van der Waals surface area contributed by atoms with Crippen molar-refractivity contribution in [3.05, 3.63) is 29.8 Å². The second-order valence-electron chi connectivity index (χ2n) is 5.70. The highest BCUT2D eigenvalue weighted by Crippen LogP contribution is 2.19. The summed E-state index contributed by atoms with van der Waals surface area (Å²) in [5, 5.41) is 2.77. The van der Waals surface area contributed by atoms with Gasteiger partial charge in [0, 0.05) is 24.7 Å². The summed E-state index contributed by atoms with van der Waals surface area (Å²) < 4.78 is 31.9. The molecule has 1 heterocycles. The van der Waals surface area contributed by atoms with Crippen LogP contribution in [0.4, 0.5) is 0 Å². The highest BCUT2D eigenvalue weighted by molar-refractivity contribution is 7.89. The lowest BCUT2D eigenvalue weighted by Gasteiger charge is -2.30. The summed E-state index contributed by atoms with van der Waals surface area (Å²) >= 11 is 0. The summed E-state index contributed by atoms with van der Waals surface area (Å²) in [6.45, 7) is 6.68. The third-order valence-corrected chi connectivity index (χ3v) is 5.26. The largest absolute Gasteiger partial charge is 0.376 e. The van der Waals surface area contributed by atoms with E-state index in [2.05, 4.69) is 5.32 Å². The van der Waals surface area contributed by atoms with Gasteiger partial charge in [0.2, 0.25) is 10.0 Å². The van der Waals surface area contributed by atoms with Crippen LogP contribution in [0.5, 0.6) is 0 Å². The van der Waals surface area contributed by atoms with Crippen molar-refractivity contribution in [1.82, 2.24) is 9.62 Å². The normalized spacial score (nSPS) is 20.1. The Bertz CT molecular complexity index is 625. The molecule has 1 N–H and O–H groups in total. The van der Waals surface area contributed by atoms with Crippen molar-refractivity contribution >= 4 is 15.9 Å². The second kappa shape index (κ2) is 6.76. The SMILES string of the molecule is CC(C)NC(=O)c1ccc(S(=O)(=O)N2CCOC(C)C2)cc1. The smallest absolute Gasteiger partial charge is 0.251 e. The first-order chi connectivity index (χ1) is 10.3. The first-order valence-corrected chi connectivity index (χ1v) is 8.77. The fourth-order valence-electron chi connectivity index (χ4n) is 2.28. The van der Waals surface area contributed by atoms with Crippen LogP contribution in [0.25, 0.3) is 0 Å². The summed E-state index contributed by atoms with van der Waals surface area (Å²) in [6.07, 6.45) is -0.111. The molecule has 2 rings (SSSR count). The average Bonchev–Trinajstić information content (AvgIpc) is 2.46. The van der Waals surface area contributed by atoms with Gasteiger partial charge in [0.25, 0.3) is 5.91 Å². The first-order valence-electron chi connectivity index (χ1n) is 7.33. The number of hydrogen-bond donors (Lipinski definition) is 1. The molecule has 1 saturated heterocycles. The Labute approximate surface area is 131 Å². The molecule has 0 bridgehead atoms. The molecule has 1 fully saturated rings. The maximum atomic E-state index is 12.6. The number of nitrogens with zero attached hydrogens (tertiary/aromatic N) is 1. The molecule has 6 nitrogen and oxygen atoms in total. The zero-order valence-electron chi connectivity index (χ0n) is 13.1. The minimum Gasteiger partial charge on any atom is -0.376 e. The van der Waals surface area contributed by atoms with Gasteiger partial charge in [-0.05, 0) is 45.0 Å². The van der Waals surface area contributed by atoms with E-state index in [-0.39, 0.29) is 22.9 Å². The van der Waals surface area contributed by atoms with Gasteiger partial charge in [-0.3, -0.25) is 4.79 Å². The summed E-state index contributed by atoms with van der Waals surface area (Å²) in [6, 6.07) is 6.06. The Morgan fingerprint density at radius 2 is 1.95 bits per heavy atom. The monoisotopic (exact) mass is 326 g/mol. The number of carbonyl (C=O) groups is 1. The average molecular weight is 326 g/mol. The lowest BCUT2D eigenvalue weighted by atomic mass is 10.2. The van der Waals surface area contributed by atoms with Gasteiger partial charge in [0.15, 0.2) is 0 Å². The number of carbonyl (C=O) groups excluding carboxylic acids is 1. The number of rotatable bonds is 4. The van der Waals surface area contributed by atoms with Gasteiger partial charge in [-0.1, -0.05) is 0 Å². The van der Waals surface area contributed by atoms with Crippen molar-refractivity contribution in [2.24, 2.45) is 0 Å². The molecule has 1 amide bonds. The van der Waals surface area contributed by atoms with Gasteiger partial charge in [-0.15, -0.1) is 0 Å². The van der Waals surface area contributed by atoms with Crippen LogP contribution in [-0.2, 0) is 14.8 Å². The fraction of sp³-hybridized carbons (Fsp3) is 0.533. The summed E-state index contributed by atoms with van der Waals surface area (Å²) in [5.74, 6) is -0.209. The van der Waals surface area contributed by atoms with E-state index in [1.165, 1.54) is 28.6 Å². The van der Waals surface area contributed by atoms with Gasteiger partial charge >= 0.3 is 0 Å². The predicted molar refractivity (Wildman–Crippen MR) is 83.2 cm³/mol. The van der Waals surface area contributed by atoms with E-state index >= 15 is 0 Å². The molecule has 0 radical (unpaired) electrons. The number of ether oxygens (including phenoxy) is 1. The topological polar surface area (TPSA) is 75.7 Å². The highest BCUT2D eigenvalue weighted by atomic mass is 32.2. The van der Waals surface area contributed by atoms with Crippen molar-refractivity contribution in [1.29, 1.82) is 0 Å². The third-order valence-electron chi connectivity index (χ3n) is 3.38. The predicted octanol–water partition coefficient (Wildman–Crippen LogP) is 1.23. The van der Waals surface area contributed by atoms with Gasteiger partial charge in [0.1, 0.15) is 0 Å². The molecule has 1 unspecified atom stereocenters. The van der Waals surface area contributed by atoms with Crippen LogP contribution in [-0.4, -0.2) is 50.5 Å². The Kier molecular flexibility index (Phi) is 5.20. The molecule has 1 atom stereocenters. The molecule has 0 aromatic heterocycles. The van der Waals surface area contributed by atoms with Gasteiger partial charge in [-0.25, -0.2) is 8.42 Å². The molecule has 1 aliphatic heterocycles. The molecule has 22 heavy (non-hydrogen) atoms. The zero-order valence-corrected chi connectivity index (χ0v) is 13.9. The number of hydrogen-bond acceptors (Lipinski definition) is 4. The fourth-order valence-corrected chi connectivity index (χ4v) is 3.78. The first kappa shape index (κ1) is 16.9. The van der Waals surface area contributed by atoms with E-state index in [0.29, 0.717) is 25.3 Å². The number of morpholine rings is 1. The Hall–Kier alpha value is -1.44. The molecule has 7 heteroatoms. The third kappa shape index (κ3) is 3.85. The zero-order chi connectivity index (χ0) is 16.3. The van der Waals surface area contributed by atoms with E-state index in [1.54, 1.807) is 0 Å². The molecule has 1 aromatic rings.